The number of amides is 1. The molecular weight excluding hydrogens is 284 g/mol. The van der Waals surface area contributed by atoms with Crippen LogP contribution in [0, 0.1) is 0 Å². The third-order valence-corrected chi connectivity index (χ3v) is 3.47. The van der Waals surface area contributed by atoms with Crippen LogP contribution in [-0.4, -0.2) is 28.5 Å². The fourth-order valence-electron chi connectivity index (χ4n) is 2.30. The van der Waals surface area contributed by atoms with Gasteiger partial charge in [0, 0.05) is 17.6 Å². The Kier molecular flexibility index (Phi) is 4.37. The number of rotatable bonds is 5. The number of nitrogens with two attached hydrogens (primary N) is 2. The van der Waals surface area contributed by atoms with Gasteiger partial charge in [-0.15, -0.1) is 0 Å². The molecule has 4 N–H and O–H groups in total. The number of carbonyl (C=O) groups excluding carboxylic acids is 1. The van der Waals surface area contributed by atoms with Crippen LogP contribution in [0.3, 0.4) is 0 Å². The maximum absolute atomic E-state index is 11.4. The third kappa shape index (κ3) is 3.11. The van der Waals surface area contributed by atoms with E-state index in [0.717, 1.165) is 16.6 Å². The highest BCUT2D eigenvalue weighted by Gasteiger charge is 2.21. The van der Waals surface area contributed by atoms with Gasteiger partial charge in [-0.05, 0) is 19.9 Å². The van der Waals surface area contributed by atoms with Crippen LogP contribution in [0.15, 0.2) is 30.5 Å². The fourth-order valence-corrected chi connectivity index (χ4v) is 2.45. The van der Waals surface area contributed by atoms with E-state index in [1.807, 2.05) is 43.0 Å². The minimum atomic E-state index is -0.404. The average Bonchev–Trinajstić information content (AvgIpc) is 2.43. The summed E-state index contributed by atoms with van der Waals surface area (Å²) in [4.78, 5) is 17.9. The van der Waals surface area contributed by atoms with Crippen LogP contribution in [-0.2, 0) is 4.79 Å². The Morgan fingerprint density at radius 2 is 2.00 bits per heavy atom. The van der Waals surface area contributed by atoms with Gasteiger partial charge in [0.05, 0.1) is 23.3 Å². The maximum Gasteiger partial charge on any atom is 0.236 e. The molecule has 0 aliphatic carbocycles. The van der Waals surface area contributed by atoms with Gasteiger partial charge in [0.2, 0.25) is 5.91 Å². The van der Waals surface area contributed by atoms with Crippen molar-refractivity contribution in [1.82, 2.24) is 4.98 Å². The number of primary amides is 1. The summed E-state index contributed by atoms with van der Waals surface area (Å²) in [5.41, 5.74) is 13.5. The first kappa shape index (κ1) is 15.2. The highest BCUT2D eigenvalue weighted by molar-refractivity contribution is 7.80. The van der Waals surface area contributed by atoms with Crippen molar-refractivity contribution >= 4 is 39.7 Å². The van der Waals surface area contributed by atoms with E-state index >= 15 is 0 Å². The van der Waals surface area contributed by atoms with Crippen molar-refractivity contribution in [2.75, 3.05) is 11.4 Å². The molecule has 0 aliphatic rings. The summed E-state index contributed by atoms with van der Waals surface area (Å²) in [6, 6.07) is 7.74. The molecule has 1 aromatic heterocycles. The number of anilines is 1. The van der Waals surface area contributed by atoms with Crippen LogP contribution < -0.4 is 16.4 Å². The second-order valence-electron chi connectivity index (χ2n) is 5.09. The highest BCUT2D eigenvalue weighted by Crippen LogP contribution is 2.30. The number of fused-ring (bicyclic) bond motifs is 1. The molecular formula is C15H18N4OS. The second-order valence-corrected chi connectivity index (χ2v) is 5.53. The molecule has 5 nitrogen and oxygen atoms in total. The molecule has 0 atom stereocenters. The van der Waals surface area contributed by atoms with E-state index < -0.39 is 5.91 Å². The van der Waals surface area contributed by atoms with Gasteiger partial charge in [-0.2, -0.15) is 0 Å². The smallest absolute Gasteiger partial charge is 0.236 e. The fraction of sp³-hybridized carbons (Fsp3) is 0.267. The number of aromatic nitrogens is 1. The Morgan fingerprint density at radius 3 is 2.57 bits per heavy atom. The summed E-state index contributed by atoms with van der Waals surface area (Å²) in [5.74, 6) is -0.404. The molecule has 0 unspecified atom stereocenters. The van der Waals surface area contributed by atoms with E-state index in [1.165, 1.54) is 0 Å². The Bertz CT molecular complexity index is 699. The summed E-state index contributed by atoms with van der Waals surface area (Å²) in [7, 11) is 0. The number of para-hydroxylation sites is 1. The molecule has 0 aliphatic heterocycles. The van der Waals surface area contributed by atoms with Crippen molar-refractivity contribution in [2.24, 2.45) is 11.5 Å². The van der Waals surface area contributed by atoms with Crippen LogP contribution in [0.2, 0.25) is 0 Å². The first-order valence-electron chi connectivity index (χ1n) is 6.64. The molecule has 21 heavy (non-hydrogen) atoms. The van der Waals surface area contributed by atoms with Crippen molar-refractivity contribution in [2.45, 2.75) is 19.9 Å². The Labute approximate surface area is 128 Å². The SMILES string of the molecule is CC(C)N(CC(N)=O)c1c(C(N)=S)cnc2ccccc12. The first-order chi connectivity index (χ1) is 9.91. The van der Waals surface area contributed by atoms with Gasteiger partial charge >= 0.3 is 0 Å². The van der Waals surface area contributed by atoms with Gasteiger partial charge in [-0.3, -0.25) is 9.78 Å². The van der Waals surface area contributed by atoms with Gasteiger partial charge in [0.25, 0.3) is 0 Å². The Balaban J connectivity index is 2.75. The Morgan fingerprint density at radius 1 is 1.33 bits per heavy atom. The molecule has 1 heterocycles. The minimum absolute atomic E-state index is 0.0661. The van der Waals surface area contributed by atoms with Crippen LogP contribution in [0.1, 0.15) is 19.4 Å². The lowest BCUT2D eigenvalue weighted by Gasteiger charge is -2.30. The summed E-state index contributed by atoms with van der Waals surface area (Å²) in [6.45, 7) is 4.07. The van der Waals surface area contributed by atoms with Crippen molar-refractivity contribution in [3.05, 3.63) is 36.0 Å². The predicted molar refractivity (Wildman–Crippen MR) is 89.3 cm³/mol. The standard InChI is InChI=1S/C15H18N4OS/c1-9(2)19(8-13(16)20)14-10-5-3-4-6-12(10)18-7-11(14)15(17)21/h3-7,9H,8H2,1-2H3,(H2,16,20)(H2,17,21). The monoisotopic (exact) mass is 302 g/mol. The number of carbonyl (C=O) groups is 1. The topological polar surface area (TPSA) is 85.2 Å². The molecule has 110 valence electrons. The van der Waals surface area contributed by atoms with Gasteiger partial charge in [0.1, 0.15) is 4.99 Å². The van der Waals surface area contributed by atoms with E-state index in [0.29, 0.717) is 5.56 Å². The van der Waals surface area contributed by atoms with Crippen molar-refractivity contribution in [3.63, 3.8) is 0 Å². The van der Waals surface area contributed by atoms with Crippen LogP contribution in [0.25, 0.3) is 10.9 Å². The molecule has 0 saturated carbocycles. The van der Waals surface area contributed by atoms with Gasteiger partial charge < -0.3 is 16.4 Å². The third-order valence-electron chi connectivity index (χ3n) is 3.25. The number of thiocarbonyl (C=S) groups is 1. The normalized spacial score (nSPS) is 10.8. The van der Waals surface area contributed by atoms with E-state index in [2.05, 4.69) is 4.98 Å². The lowest BCUT2D eigenvalue weighted by molar-refractivity contribution is -0.116. The predicted octanol–water partition coefficient (Wildman–Crippen LogP) is 1.57. The maximum atomic E-state index is 11.4. The van der Waals surface area contributed by atoms with Crippen molar-refractivity contribution in [1.29, 1.82) is 0 Å². The van der Waals surface area contributed by atoms with Gasteiger partial charge in [-0.1, -0.05) is 30.4 Å². The van der Waals surface area contributed by atoms with E-state index in [4.69, 9.17) is 23.7 Å². The quantitative estimate of drug-likeness (QED) is 0.819. The van der Waals surface area contributed by atoms with E-state index in [-0.39, 0.29) is 17.6 Å². The number of nitrogens with zero attached hydrogens (tertiary/aromatic N) is 2. The number of hydrogen-bond acceptors (Lipinski definition) is 4. The molecule has 1 amide bonds. The Hall–Kier alpha value is -2.21. The van der Waals surface area contributed by atoms with Gasteiger partial charge in [-0.25, -0.2) is 0 Å². The zero-order valence-corrected chi connectivity index (χ0v) is 12.9. The van der Waals surface area contributed by atoms with E-state index in [9.17, 15) is 4.79 Å². The summed E-state index contributed by atoms with van der Waals surface area (Å²) in [5, 5.41) is 0.901. The first-order valence-corrected chi connectivity index (χ1v) is 7.05. The van der Waals surface area contributed by atoms with Gasteiger partial charge in [0.15, 0.2) is 0 Å². The second kappa shape index (κ2) is 6.05. The zero-order valence-electron chi connectivity index (χ0n) is 12.0. The molecule has 2 rings (SSSR count). The molecule has 0 saturated heterocycles. The molecule has 2 aromatic rings. The van der Waals surface area contributed by atoms with Crippen LogP contribution >= 0.6 is 12.2 Å². The number of hydrogen-bond donors (Lipinski definition) is 2. The van der Waals surface area contributed by atoms with Crippen molar-refractivity contribution in [3.8, 4) is 0 Å². The molecule has 0 fully saturated rings. The van der Waals surface area contributed by atoms with E-state index in [1.54, 1.807) is 6.20 Å². The highest BCUT2D eigenvalue weighted by atomic mass is 32.1. The number of pyridine rings is 1. The summed E-state index contributed by atoms with van der Waals surface area (Å²) in [6.07, 6.45) is 1.65. The van der Waals surface area contributed by atoms with Crippen molar-refractivity contribution < 1.29 is 4.79 Å². The molecule has 0 bridgehead atoms. The van der Waals surface area contributed by atoms with Crippen LogP contribution in [0.5, 0.6) is 0 Å². The molecule has 1 aromatic carbocycles. The average molecular weight is 302 g/mol. The lowest BCUT2D eigenvalue weighted by atomic mass is 10.1. The largest absolute Gasteiger partial charge is 0.389 e. The lowest BCUT2D eigenvalue weighted by Crippen LogP contribution is -2.40. The minimum Gasteiger partial charge on any atom is -0.389 e. The molecule has 0 radical (unpaired) electrons. The zero-order chi connectivity index (χ0) is 15.6. The molecule has 0 spiro atoms. The van der Waals surface area contributed by atoms with Crippen LogP contribution in [0.4, 0.5) is 5.69 Å². The number of benzene rings is 1. The summed E-state index contributed by atoms with van der Waals surface area (Å²) >= 11 is 5.13. The summed E-state index contributed by atoms with van der Waals surface area (Å²) < 4.78 is 0. The molecule has 6 heteroatoms.